The van der Waals surface area contributed by atoms with Crippen molar-refractivity contribution in [3.8, 4) is 5.75 Å². The van der Waals surface area contributed by atoms with E-state index < -0.39 is 11.0 Å². The molecule has 0 N–H and O–H groups in total. The Kier molecular flexibility index (Phi) is 4.00. The molecule has 2 aromatic carbocycles. The molecule has 3 rings (SSSR count). The summed E-state index contributed by atoms with van der Waals surface area (Å²) in [6.45, 7) is 0. The van der Waals surface area contributed by atoms with Crippen molar-refractivity contribution < 1.29 is 9.66 Å². The lowest BCUT2D eigenvalue weighted by Crippen LogP contribution is -2.20. The number of rotatable bonds is 2. The van der Waals surface area contributed by atoms with Crippen LogP contribution in [0.2, 0.25) is 15.1 Å². The summed E-state index contributed by atoms with van der Waals surface area (Å²) in [6, 6.07) is 9.69. The molecule has 1 aliphatic heterocycles. The van der Waals surface area contributed by atoms with Crippen molar-refractivity contribution >= 4 is 40.9 Å². The Balaban J connectivity index is 2.13. The van der Waals surface area contributed by atoms with Gasteiger partial charge in [0.2, 0.25) is 6.10 Å². The van der Waals surface area contributed by atoms with Crippen LogP contribution >= 0.6 is 34.8 Å². The number of halogens is 3. The van der Waals surface area contributed by atoms with Gasteiger partial charge < -0.3 is 4.74 Å². The van der Waals surface area contributed by atoms with Crippen LogP contribution in [0.5, 0.6) is 5.75 Å². The minimum atomic E-state index is -0.909. The van der Waals surface area contributed by atoms with Crippen molar-refractivity contribution in [2.24, 2.45) is 0 Å². The van der Waals surface area contributed by atoms with Gasteiger partial charge in [0, 0.05) is 32.3 Å². The highest BCUT2D eigenvalue weighted by Gasteiger charge is 2.34. The molecule has 0 amide bonds. The smallest absolute Gasteiger partial charge is 0.291 e. The molecular formula is C15H8Cl3NO3. The third kappa shape index (κ3) is 2.77. The van der Waals surface area contributed by atoms with Crippen LogP contribution in [0.3, 0.4) is 0 Å². The molecule has 0 spiro atoms. The highest BCUT2D eigenvalue weighted by Crippen LogP contribution is 2.41. The molecule has 2 aromatic rings. The van der Waals surface area contributed by atoms with Gasteiger partial charge in [0.25, 0.3) is 5.70 Å². The maximum Gasteiger partial charge on any atom is 0.291 e. The van der Waals surface area contributed by atoms with Crippen molar-refractivity contribution in [3.05, 3.63) is 78.4 Å². The van der Waals surface area contributed by atoms with Crippen molar-refractivity contribution in [1.82, 2.24) is 0 Å². The molecule has 22 heavy (non-hydrogen) atoms. The fourth-order valence-electron chi connectivity index (χ4n) is 2.25. The van der Waals surface area contributed by atoms with Gasteiger partial charge in [-0.25, -0.2) is 0 Å². The van der Waals surface area contributed by atoms with E-state index >= 15 is 0 Å². The van der Waals surface area contributed by atoms with Gasteiger partial charge in [0.05, 0.1) is 4.92 Å². The highest BCUT2D eigenvalue weighted by atomic mass is 35.5. The molecular weight excluding hydrogens is 349 g/mol. The SMILES string of the molecule is O=[N+]([O-])C1=Cc2cc(Cl)ccc2O[C@@H]1c1ccc(Cl)cc1Cl. The van der Waals surface area contributed by atoms with E-state index in [-0.39, 0.29) is 5.70 Å². The fraction of sp³-hybridized carbons (Fsp3) is 0.0667. The first-order valence-electron chi connectivity index (χ1n) is 6.23. The van der Waals surface area contributed by atoms with E-state index in [2.05, 4.69) is 0 Å². The maximum atomic E-state index is 11.4. The second-order valence-electron chi connectivity index (χ2n) is 4.67. The summed E-state index contributed by atoms with van der Waals surface area (Å²) in [6.07, 6.45) is 0.536. The van der Waals surface area contributed by atoms with Gasteiger partial charge in [-0.05, 0) is 30.3 Å². The summed E-state index contributed by atoms with van der Waals surface area (Å²) in [5.41, 5.74) is 0.925. The topological polar surface area (TPSA) is 52.4 Å². The predicted octanol–water partition coefficient (Wildman–Crippen LogP) is 5.40. The van der Waals surface area contributed by atoms with Crippen molar-refractivity contribution in [2.75, 3.05) is 0 Å². The Labute approximate surface area is 141 Å². The van der Waals surface area contributed by atoms with Crippen LogP contribution in [0, 0.1) is 10.1 Å². The van der Waals surface area contributed by atoms with Crippen LogP contribution in [0.25, 0.3) is 6.08 Å². The second-order valence-corrected chi connectivity index (χ2v) is 5.95. The third-order valence-electron chi connectivity index (χ3n) is 3.24. The molecule has 4 nitrogen and oxygen atoms in total. The minimum absolute atomic E-state index is 0.112. The molecule has 1 heterocycles. The Morgan fingerprint density at radius 3 is 2.41 bits per heavy atom. The third-order valence-corrected chi connectivity index (χ3v) is 4.04. The molecule has 1 atom stereocenters. The number of fused-ring (bicyclic) bond motifs is 1. The average molecular weight is 357 g/mol. The molecule has 112 valence electrons. The zero-order chi connectivity index (χ0) is 15.9. The summed E-state index contributed by atoms with van der Waals surface area (Å²) in [5.74, 6) is 0.506. The monoisotopic (exact) mass is 355 g/mol. The van der Waals surface area contributed by atoms with Crippen molar-refractivity contribution in [1.29, 1.82) is 0 Å². The number of nitrogens with zero attached hydrogens (tertiary/aromatic N) is 1. The number of nitro groups is 1. The van der Waals surface area contributed by atoms with Crippen LogP contribution in [0.4, 0.5) is 0 Å². The van der Waals surface area contributed by atoms with Gasteiger partial charge in [-0.15, -0.1) is 0 Å². The van der Waals surface area contributed by atoms with E-state index in [1.807, 2.05) is 0 Å². The Bertz CT molecular complexity index is 805. The van der Waals surface area contributed by atoms with Gasteiger partial charge in [0.15, 0.2) is 0 Å². The molecule has 0 saturated heterocycles. The minimum Gasteiger partial charge on any atom is -0.474 e. The van der Waals surface area contributed by atoms with Gasteiger partial charge in [0.1, 0.15) is 5.75 Å². The molecule has 7 heteroatoms. The van der Waals surface area contributed by atoms with Gasteiger partial charge >= 0.3 is 0 Å². The van der Waals surface area contributed by atoms with E-state index in [9.17, 15) is 10.1 Å². The molecule has 0 unspecified atom stereocenters. The standard InChI is InChI=1S/C15H8Cl3NO3/c16-9-2-4-14-8(5-9)6-13(19(20)21)15(22-14)11-3-1-10(17)7-12(11)18/h1-7,15H/t15-/m1/s1. The fourth-order valence-corrected chi connectivity index (χ4v) is 2.94. The lowest BCUT2D eigenvalue weighted by molar-refractivity contribution is -0.434. The first kappa shape index (κ1) is 15.2. The van der Waals surface area contributed by atoms with E-state index in [0.717, 1.165) is 0 Å². The molecule has 0 aromatic heterocycles. The van der Waals surface area contributed by atoms with Crippen molar-refractivity contribution in [3.63, 3.8) is 0 Å². The van der Waals surface area contributed by atoms with Crippen molar-refractivity contribution in [2.45, 2.75) is 6.10 Å². The quantitative estimate of drug-likeness (QED) is 0.535. The molecule has 1 aliphatic rings. The predicted molar refractivity (Wildman–Crippen MR) is 86.3 cm³/mol. The Hall–Kier alpha value is -1.75. The zero-order valence-corrected chi connectivity index (χ0v) is 13.2. The normalized spacial score (nSPS) is 16.5. The first-order valence-corrected chi connectivity index (χ1v) is 7.36. The summed E-state index contributed by atoms with van der Waals surface area (Å²) < 4.78 is 5.77. The van der Waals surface area contributed by atoms with Gasteiger partial charge in [-0.3, -0.25) is 10.1 Å². The van der Waals surface area contributed by atoms with E-state index in [1.54, 1.807) is 30.3 Å². The second kappa shape index (κ2) is 5.80. The molecule has 0 saturated carbocycles. The molecule has 0 aliphatic carbocycles. The van der Waals surface area contributed by atoms with E-state index in [4.69, 9.17) is 39.5 Å². The van der Waals surface area contributed by atoms with E-state index in [1.165, 1.54) is 12.1 Å². The van der Waals surface area contributed by atoms with Crippen LogP contribution < -0.4 is 4.74 Å². The Morgan fingerprint density at radius 1 is 1.05 bits per heavy atom. The summed E-state index contributed by atoms with van der Waals surface area (Å²) >= 11 is 17.9. The number of ether oxygens (including phenoxy) is 1. The number of hydrogen-bond donors (Lipinski definition) is 0. The summed E-state index contributed by atoms with van der Waals surface area (Å²) in [7, 11) is 0. The summed E-state index contributed by atoms with van der Waals surface area (Å²) in [4.78, 5) is 10.9. The highest BCUT2D eigenvalue weighted by molar-refractivity contribution is 6.35. The van der Waals surface area contributed by atoms with Crippen LogP contribution in [0.15, 0.2) is 42.1 Å². The summed E-state index contributed by atoms with van der Waals surface area (Å²) in [5, 5.41) is 12.6. The maximum absolute atomic E-state index is 11.4. The van der Waals surface area contributed by atoms with E-state index in [0.29, 0.717) is 31.9 Å². The van der Waals surface area contributed by atoms with Gasteiger partial charge in [-0.2, -0.15) is 0 Å². The lowest BCUT2D eigenvalue weighted by Gasteiger charge is -2.23. The lowest BCUT2D eigenvalue weighted by atomic mass is 10.0. The first-order chi connectivity index (χ1) is 10.5. The largest absolute Gasteiger partial charge is 0.474 e. The van der Waals surface area contributed by atoms with Crippen LogP contribution in [-0.2, 0) is 0 Å². The van der Waals surface area contributed by atoms with Crippen LogP contribution in [0.1, 0.15) is 17.2 Å². The Morgan fingerprint density at radius 2 is 1.73 bits per heavy atom. The molecule has 0 bridgehead atoms. The average Bonchev–Trinajstić information content (AvgIpc) is 2.46. The van der Waals surface area contributed by atoms with Crippen LogP contribution in [-0.4, -0.2) is 4.92 Å². The molecule has 0 radical (unpaired) electrons. The van der Waals surface area contributed by atoms with Gasteiger partial charge in [-0.1, -0.05) is 40.9 Å². The number of benzene rings is 2. The number of hydrogen-bond acceptors (Lipinski definition) is 3. The molecule has 0 fully saturated rings. The zero-order valence-electron chi connectivity index (χ0n) is 10.9.